The van der Waals surface area contributed by atoms with Crippen LogP contribution in [-0.2, 0) is 9.53 Å². The van der Waals surface area contributed by atoms with Crippen molar-refractivity contribution < 1.29 is 19.1 Å². The van der Waals surface area contributed by atoms with E-state index in [4.69, 9.17) is 4.74 Å². The van der Waals surface area contributed by atoms with E-state index < -0.39 is 17.6 Å². The molecule has 1 aliphatic rings. The highest BCUT2D eigenvalue weighted by atomic mass is 16.6. The first-order valence-electron chi connectivity index (χ1n) is 6.30. The van der Waals surface area contributed by atoms with Crippen molar-refractivity contribution in [1.82, 2.24) is 10.2 Å². The van der Waals surface area contributed by atoms with Crippen LogP contribution in [-0.4, -0.2) is 41.5 Å². The van der Waals surface area contributed by atoms with Gasteiger partial charge in [0, 0.05) is 18.7 Å². The lowest BCUT2D eigenvalue weighted by Crippen LogP contribution is -2.40. The molecule has 20 heavy (non-hydrogen) atoms. The number of imide groups is 1. The Balaban J connectivity index is 1.87. The summed E-state index contributed by atoms with van der Waals surface area (Å²) in [5.41, 5.74) is -0.594. The van der Waals surface area contributed by atoms with Crippen LogP contribution in [0.15, 0.2) is 30.3 Å². The molecule has 3 amide bonds. The Morgan fingerprint density at radius 2 is 1.90 bits per heavy atom. The molecule has 0 radical (unpaired) electrons. The highest BCUT2D eigenvalue weighted by molar-refractivity contribution is 6.02. The van der Waals surface area contributed by atoms with Crippen LogP contribution in [0, 0.1) is 0 Å². The fraction of sp³-hybridized carbons (Fsp3) is 0.357. The zero-order valence-electron chi connectivity index (χ0n) is 11.4. The SMILES string of the molecule is CC1(C)OC(=O)N(CCNC(=O)c2ccccc2)C1=O. The monoisotopic (exact) mass is 276 g/mol. The molecule has 1 saturated heterocycles. The molecule has 1 N–H and O–H groups in total. The largest absolute Gasteiger partial charge is 0.433 e. The topological polar surface area (TPSA) is 75.7 Å². The van der Waals surface area contributed by atoms with E-state index in [1.807, 2.05) is 6.07 Å². The van der Waals surface area contributed by atoms with Gasteiger partial charge in [0.2, 0.25) is 0 Å². The number of rotatable bonds is 4. The summed E-state index contributed by atoms with van der Waals surface area (Å²) in [4.78, 5) is 36.2. The van der Waals surface area contributed by atoms with E-state index in [9.17, 15) is 14.4 Å². The minimum absolute atomic E-state index is 0.0969. The van der Waals surface area contributed by atoms with E-state index in [1.54, 1.807) is 24.3 Å². The number of benzene rings is 1. The Kier molecular flexibility index (Phi) is 3.74. The predicted octanol–water partition coefficient (Wildman–Crippen LogP) is 1.17. The van der Waals surface area contributed by atoms with Gasteiger partial charge in [-0.1, -0.05) is 18.2 Å². The lowest BCUT2D eigenvalue weighted by atomic mass is 10.1. The maximum Gasteiger partial charge on any atom is 0.417 e. The molecule has 0 saturated carbocycles. The molecule has 1 heterocycles. The molecular weight excluding hydrogens is 260 g/mol. The van der Waals surface area contributed by atoms with Gasteiger partial charge in [-0.05, 0) is 26.0 Å². The van der Waals surface area contributed by atoms with Gasteiger partial charge < -0.3 is 10.1 Å². The van der Waals surface area contributed by atoms with Gasteiger partial charge in [0.1, 0.15) is 0 Å². The fourth-order valence-electron chi connectivity index (χ4n) is 1.89. The molecular formula is C14H16N2O4. The second kappa shape index (κ2) is 5.32. The molecule has 0 aliphatic carbocycles. The molecule has 106 valence electrons. The number of hydrogen-bond acceptors (Lipinski definition) is 4. The summed E-state index contributed by atoms with van der Waals surface area (Å²) < 4.78 is 4.94. The van der Waals surface area contributed by atoms with Gasteiger partial charge in [0.25, 0.3) is 11.8 Å². The normalized spacial score (nSPS) is 17.0. The van der Waals surface area contributed by atoms with E-state index in [0.29, 0.717) is 5.56 Å². The van der Waals surface area contributed by atoms with E-state index in [-0.39, 0.29) is 19.0 Å². The van der Waals surface area contributed by atoms with Crippen molar-refractivity contribution in [2.24, 2.45) is 0 Å². The summed E-state index contributed by atoms with van der Waals surface area (Å²) >= 11 is 0. The number of nitrogens with zero attached hydrogens (tertiary/aromatic N) is 1. The summed E-state index contributed by atoms with van der Waals surface area (Å²) in [6, 6.07) is 8.72. The Morgan fingerprint density at radius 1 is 1.25 bits per heavy atom. The minimum atomic E-state index is -1.12. The number of ether oxygens (including phenoxy) is 1. The van der Waals surface area contributed by atoms with Crippen LogP contribution in [0.1, 0.15) is 24.2 Å². The molecule has 6 heteroatoms. The predicted molar refractivity (Wildman–Crippen MR) is 71.0 cm³/mol. The van der Waals surface area contributed by atoms with Crippen molar-refractivity contribution in [2.75, 3.05) is 13.1 Å². The zero-order chi connectivity index (χ0) is 14.8. The Labute approximate surface area is 116 Å². The third kappa shape index (κ3) is 2.79. The highest BCUT2D eigenvalue weighted by Crippen LogP contribution is 2.22. The molecule has 1 fully saturated rings. The lowest BCUT2D eigenvalue weighted by Gasteiger charge is -2.14. The number of hydrogen-bond donors (Lipinski definition) is 1. The van der Waals surface area contributed by atoms with Crippen molar-refractivity contribution >= 4 is 17.9 Å². The van der Waals surface area contributed by atoms with Gasteiger partial charge in [0.05, 0.1) is 0 Å². The third-order valence-corrected chi connectivity index (χ3v) is 2.98. The quantitative estimate of drug-likeness (QED) is 0.895. The maximum absolute atomic E-state index is 11.9. The third-order valence-electron chi connectivity index (χ3n) is 2.98. The summed E-state index contributed by atoms with van der Waals surface area (Å²) in [6.07, 6.45) is -0.672. The van der Waals surface area contributed by atoms with Gasteiger partial charge in [-0.25, -0.2) is 9.69 Å². The van der Waals surface area contributed by atoms with Crippen molar-refractivity contribution in [2.45, 2.75) is 19.4 Å². The van der Waals surface area contributed by atoms with Crippen LogP contribution in [0.25, 0.3) is 0 Å². The van der Waals surface area contributed by atoms with Gasteiger partial charge in [-0.15, -0.1) is 0 Å². The molecule has 0 aromatic heterocycles. The van der Waals surface area contributed by atoms with Crippen molar-refractivity contribution in [3.63, 3.8) is 0 Å². The van der Waals surface area contributed by atoms with Crippen LogP contribution in [0.2, 0.25) is 0 Å². The number of carbonyl (C=O) groups is 3. The van der Waals surface area contributed by atoms with E-state index in [2.05, 4.69) is 5.32 Å². The van der Waals surface area contributed by atoms with Crippen LogP contribution in [0.3, 0.4) is 0 Å². The number of carbonyl (C=O) groups excluding carboxylic acids is 3. The van der Waals surface area contributed by atoms with Gasteiger partial charge in [-0.2, -0.15) is 0 Å². The number of nitrogens with one attached hydrogen (secondary N) is 1. The zero-order valence-corrected chi connectivity index (χ0v) is 11.4. The maximum atomic E-state index is 11.9. The average molecular weight is 276 g/mol. The van der Waals surface area contributed by atoms with Crippen molar-refractivity contribution in [1.29, 1.82) is 0 Å². The van der Waals surface area contributed by atoms with Crippen LogP contribution < -0.4 is 5.32 Å². The second-order valence-electron chi connectivity index (χ2n) is 4.96. The van der Waals surface area contributed by atoms with E-state index in [1.165, 1.54) is 13.8 Å². The molecule has 1 aliphatic heterocycles. The molecule has 6 nitrogen and oxygen atoms in total. The summed E-state index contributed by atoms with van der Waals surface area (Å²) in [6.45, 7) is 3.36. The van der Waals surface area contributed by atoms with Crippen molar-refractivity contribution in [3.05, 3.63) is 35.9 Å². The summed E-state index contributed by atoms with van der Waals surface area (Å²) in [7, 11) is 0. The second-order valence-corrected chi connectivity index (χ2v) is 4.96. The molecule has 1 aromatic carbocycles. The van der Waals surface area contributed by atoms with Crippen LogP contribution in [0.5, 0.6) is 0 Å². The lowest BCUT2D eigenvalue weighted by molar-refractivity contribution is -0.134. The highest BCUT2D eigenvalue weighted by Gasteiger charge is 2.46. The number of amides is 3. The van der Waals surface area contributed by atoms with Crippen LogP contribution >= 0.6 is 0 Å². The molecule has 2 rings (SSSR count). The summed E-state index contributed by atoms with van der Waals surface area (Å²) in [5, 5.41) is 2.65. The number of cyclic esters (lactones) is 1. The minimum Gasteiger partial charge on any atom is -0.433 e. The van der Waals surface area contributed by atoms with E-state index >= 15 is 0 Å². The standard InChI is InChI=1S/C14H16N2O4/c1-14(2)12(18)16(13(19)20-14)9-8-15-11(17)10-6-4-3-5-7-10/h3-7H,8-9H2,1-2H3,(H,15,17). The van der Waals surface area contributed by atoms with Gasteiger partial charge >= 0.3 is 6.09 Å². The first-order valence-corrected chi connectivity index (χ1v) is 6.30. The molecule has 0 atom stereocenters. The van der Waals surface area contributed by atoms with Crippen molar-refractivity contribution in [3.8, 4) is 0 Å². The first kappa shape index (κ1) is 14.0. The van der Waals surface area contributed by atoms with Crippen LogP contribution in [0.4, 0.5) is 4.79 Å². The fourth-order valence-corrected chi connectivity index (χ4v) is 1.89. The molecule has 0 unspecified atom stereocenters. The van der Waals surface area contributed by atoms with Gasteiger partial charge in [0.15, 0.2) is 5.60 Å². The van der Waals surface area contributed by atoms with E-state index in [0.717, 1.165) is 4.90 Å². The molecule has 0 bridgehead atoms. The van der Waals surface area contributed by atoms with Gasteiger partial charge in [-0.3, -0.25) is 9.59 Å². The smallest absolute Gasteiger partial charge is 0.417 e. The Hall–Kier alpha value is -2.37. The Morgan fingerprint density at radius 3 is 2.45 bits per heavy atom. The average Bonchev–Trinajstić information content (AvgIpc) is 2.61. The molecule has 1 aromatic rings. The summed E-state index contributed by atoms with van der Waals surface area (Å²) in [5.74, 6) is -0.638. The first-order chi connectivity index (χ1) is 9.42. The molecule has 0 spiro atoms. The Bertz CT molecular complexity index is 539.